The van der Waals surface area contributed by atoms with Crippen molar-refractivity contribution in [1.82, 2.24) is 10.2 Å². The summed E-state index contributed by atoms with van der Waals surface area (Å²) in [4.78, 5) is 17.2. The minimum Gasteiger partial charge on any atom is -0.314 e. The van der Waals surface area contributed by atoms with Gasteiger partial charge in [-0.15, -0.1) is 0 Å². The van der Waals surface area contributed by atoms with E-state index in [0.29, 0.717) is 0 Å². The van der Waals surface area contributed by atoms with Crippen LogP contribution < -0.4 is 10.2 Å². The maximum atomic E-state index is 12.9. The van der Waals surface area contributed by atoms with Crippen LogP contribution in [0.4, 0.5) is 5.69 Å². The molecule has 114 valence electrons. The first-order chi connectivity index (χ1) is 10.2. The summed E-state index contributed by atoms with van der Waals surface area (Å²) in [7, 11) is 0. The number of anilines is 1. The van der Waals surface area contributed by atoms with E-state index >= 15 is 0 Å². The lowest BCUT2D eigenvalue weighted by atomic mass is 9.99. The molecule has 1 saturated heterocycles. The van der Waals surface area contributed by atoms with Gasteiger partial charge in [-0.3, -0.25) is 9.69 Å². The summed E-state index contributed by atoms with van der Waals surface area (Å²) in [5.41, 5.74) is 3.72. The van der Waals surface area contributed by atoms with Gasteiger partial charge in [-0.1, -0.05) is 17.7 Å². The van der Waals surface area contributed by atoms with Gasteiger partial charge in [0.25, 0.3) is 0 Å². The highest BCUT2D eigenvalue weighted by Gasteiger charge is 2.30. The van der Waals surface area contributed by atoms with E-state index in [2.05, 4.69) is 42.3 Å². The number of nitrogens with one attached hydrogen (secondary N) is 1. The van der Waals surface area contributed by atoms with Crippen LogP contribution in [0.25, 0.3) is 0 Å². The highest BCUT2D eigenvalue weighted by Crippen LogP contribution is 2.29. The Labute approximate surface area is 127 Å². The molecule has 4 heteroatoms. The number of amides is 1. The Morgan fingerprint density at radius 2 is 2.00 bits per heavy atom. The van der Waals surface area contributed by atoms with Gasteiger partial charge in [0.15, 0.2) is 0 Å². The molecule has 3 rings (SSSR count). The van der Waals surface area contributed by atoms with E-state index in [1.54, 1.807) is 0 Å². The number of rotatable bonds is 2. The van der Waals surface area contributed by atoms with E-state index in [1.165, 1.54) is 11.1 Å². The number of hydrogen-bond acceptors (Lipinski definition) is 3. The molecular weight excluding hydrogens is 262 g/mol. The third-order valence-corrected chi connectivity index (χ3v) is 4.68. The molecule has 0 bridgehead atoms. The lowest BCUT2D eigenvalue weighted by molar-refractivity contribution is -0.123. The van der Waals surface area contributed by atoms with Crippen molar-refractivity contribution in [3.63, 3.8) is 0 Å². The molecule has 0 aliphatic carbocycles. The van der Waals surface area contributed by atoms with Crippen molar-refractivity contribution < 1.29 is 4.79 Å². The highest BCUT2D eigenvalue weighted by atomic mass is 16.2. The quantitative estimate of drug-likeness (QED) is 0.897. The maximum absolute atomic E-state index is 12.9. The first-order valence-electron chi connectivity index (χ1n) is 8.02. The van der Waals surface area contributed by atoms with Crippen LogP contribution in [0.5, 0.6) is 0 Å². The highest BCUT2D eigenvalue weighted by molar-refractivity contribution is 5.98. The fourth-order valence-corrected chi connectivity index (χ4v) is 3.41. The fourth-order valence-electron chi connectivity index (χ4n) is 3.41. The van der Waals surface area contributed by atoms with Crippen LogP contribution in [-0.4, -0.2) is 49.6 Å². The number of carbonyl (C=O) groups is 1. The first kappa shape index (κ1) is 14.5. The summed E-state index contributed by atoms with van der Waals surface area (Å²) < 4.78 is 0. The lowest BCUT2D eigenvalue weighted by Gasteiger charge is -2.37. The predicted molar refractivity (Wildman–Crippen MR) is 85.8 cm³/mol. The first-order valence-corrected chi connectivity index (χ1v) is 8.02. The molecule has 0 aromatic heterocycles. The number of benzene rings is 1. The summed E-state index contributed by atoms with van der Waals surface area (Å²) in [6.45, 7) is 8.90. The van der Waals surface area contributed by atoms with E-state index in [1.807, 2.05) is 4.90 Å². The van der Waals surface area contributed by atoms with Crippen LogP contribution >= 0.6 is 0 Å². The van der Waals surface area contributed by atoms with Gasteiger partial charge in [0.2, 0.25) is 5.91 Å². The zero-order valence-corrected chi connectivity index (χ0v) is 13.1. The van der Waals surface area contributed by atoms with Crippen molar-refractivity contribution in [1.29, 1.82) is 0 Å². The van der Waals surface area contributed by atoms with Crippen molar-refractivity contribution in [2.45, 2.75) is 32.7 Å². The van der Waals surface area contributed by atoms with E-state index < -0.39 is 0 Å². The molecule has 0 radical (unpaired) electrons. The van der Waals surface area contributed by atoms with E-state index in [9.17, 15) is 4.79 Å². The van der Waals surface area contributed by atoms with Crippen LogP contribution in [0.2, 0.25) is 0 Å². The monoisotopic (exact) mass is 287 g/mol. The molecule has 1 unspecified atom stereocenters. The number of nitrogens with zero attached hydrogens (tertiary/aromatic N) is 2. The number of aryl methyl sites for hydroxylation is 2. The molecule has 1 N–H and O–H groups in total. The molecule has 1 aromatic carbocycles. The van der Waals surface area contributed by atoms with Crippen molar-refractivity contribution in [3.05, 3.63) is 29.3 Å². The predicted octanol–water partition coefficient (Wildman–Crippen LogP) is 1.57. The Kier molecular flexibility index (Phi) is 4.27. The Bertz CT molecular complexity index is 523. The molecule has 1 fully saturated rings. The second kappa shape index (κ2) is 6.16. The molecule has 1 atom stereocenters. The van der Waals surface area contributed by atoms with Crippen molar-refractivity contribution in [3.8, 4) is 0 Å². The second-order valence-electron chi connectivity index (χ2n) is 6.19. The number of fused-ring (bicyclic) bond motifs is 1. The Morgan fingerprint density at radius 1 is 1.24 bits per heavy atom. The Balaban J connectivity index is 1.79. The summed E-state index contributed by atoms with van der Waals surface area (Å²) in [5, 5.41) is 3.34. The average molecular weight is 287 g/mol. The molecule has 2 aliphatic heterocycles. The van der Waals surface area contributed by atoms with Crippen molar-refractivity contribution in [2.24, 2.45) is 0 Å². The molecule has 0 saturated carbocycles. The van der Waals surface area contributed by atoms with Gasteiger partial charge >= 0.3 is 0 Å². The summed E-state index contributed by atoms with van der Waals surface area (Å²) >= 11 is 0. The van der Waals surface area contributed by atoms with Gasteiger partial charge in [0.05, 0.1) is 6.04 Å². The maximum Gasteiger partial charge on any atom is 0.244 e. The van der Waals surface area contributed by atoms with Crippen LogP contribution in [0.15, 0.2) is 18.2 Å². The van der Waals surface area contributed by atoms with Gasteiger partial charge < -0.3 is 10.2 Å². The molecular formula is C17H25N3O. The summed E-state index contributed by atoms with van der Waals surface area (Å²) in [6, 6.07) is 6.43. The molecule has 21 heavy (non-hydrogen) atoms. The standard InChI is InChI=1S/C17H25N3O/c1-13-5-6-16-15(12-13)4-3-9-20(16)17(21)14(2)19-10-7-18-8-11-19/h5-6,12,14,18H,3-4,7-11H2,1-2H3. The minimum absolute atomic E-state index is 0.0284. The summed E-state index contributed by atoms with van der Waals surface area (Å²) in [5.74, 6) is 0.252. The lowest BCUT2D eigenvalue weighted by Crippen LogP contribution is -2.54. The molecule has 2 aliphatic rings. The number of carbonyl (C=O) groups excluding carboxylic acids is 1. The second-order valence-corrected chi connectivity index (χ2v) is 6.19. The van der Waals surface area contributed by atoms with E-state index in [4.69, 9.17) is 0 Å². The van der Waals surface area contributed by atoms with Gasteiger partial charge in [-0.2, -0.15) is 0 Å². The SMILES string of the molecule is Cc1ccc2c(c1)CCCN2C(=O)C(C)N1CCNCC1. The van der Waals surface area contributed by atoms with E-state index in [0.717, 1.165) is 51.3 Å². The van der Waals surface area contributed by atoms with Crippen LogP contribution in [0.1, 0.15) is 24.5 Å². The van der Waals surface area contributed by atoms with Gasteiger partial charge in [0, 0.05) is 38.4 Å². The molecule has 0 spiro atoms. The minimum atomic E-state index is -0.0284. The van der Waals surface area contributed by atoms with Crippen molar-refractivity contribution in [2.75, 3.05) is 37.6 Å². The molecule has 4 nitrogen and oxygen atoms in total. The Morgan fingerprint density at radius 3 is 2.76 bits per heavy atom. The van der Waals surface area contributed by atoms with Crippen LogP contribution in [0.3, 0.4) is 0 Å². The largest absolute Gasteiger partial charge is 0.314 e. The number of hydrogen-bond donors (Lipinski definition) is 1. The van der Waals surface area contributed by atoms with Crippen LogP contribution in [0, 0.1) is 6.92 Å². The normalized spacial score (nSPS) is 21.0. The average Bonchev–Trinajstić information content (AvgIpc) is 2.53. The zero-order valence-electron chi connectivity index (χ0n) is 13.1. The molecule has 1 amide bonds. The van der Waals surface area contributed by atoms with E-state index in [-0.39, 0.29) is 11.9 Å². The summed E-state index contributed by atoms with van der Waals surface area (Å²) in [6.07, 6.45) is 2.15. The smallest absolute Gasteiger partial charge is 0.244 e. The van der Waals surface area contributed by atoms with Gasteiger partial charge in [-0.05, 0) is 38.3 Å². The fraction of sp³-hybridized carbons (Fsp3) is 0.588. The molecule has 2 heterocycles. The Hall–Kier alpha value is -1.39. The molecule has 1 aromatic rings. The topological polar surface area (TPSA) is 35.6 Å². The van der Waals surface area contributed by atoms with Gasteiger partial charge in [0.1, 0.15) is 0 Å². The zero-order chi connectivity index (χ0) is 14.8. The third-order valence-electron chi connectivity index (χ3n) is 4.68. The van der Waals surface area contributed by atoms with Crippen LogP contribution in [-0.2, 0) is 11.2 Å². The number of piperazine rings is 1. The van der Waals surface area contributed by atoms with Gasteiger partial charge in [-0.25, -0.2) is 0 Å². The van der Waals surface area contributed by atoms with Crippen molar-refractivity contribution >= 4 is 11.6 Å². The third kappa shape index (κ3) is 2.97.